The number of benzene rings is 2. The van der Waals surface area contributed by atoms with Gasteiger partial charge in [0.1, 0.15) is 23.7 Å². The Labute approximate surface area is 271 Å². The average molecular weight is 629 g/mol. The summed E-state index contributed by atoms with van der Waals surface area (Å²) < 4.78 is 27.6. The van der Waals surface area contributed by atoms with Crippen molar-refractivity contribution < 1.29 is 23.8 Å². The highest BCUT2D eigenvalue weighted by atomic mass is 19.1. The number of carboxylic acid groups (broad SMARTS) is 1. The molecule has 0 radical (unpaired) electrons. The van der Waals surface area contributed by atoms with Gasteiger partial charge in [0.25, 0.3) is 0 Å². The summed E-state index contributed by atoms with van der Waals surface area (Å²) in [6.45, 7) is 16.0. The number of ether oxygens (including phenoxy) is 2. The van der Waals surface area contributed by atoms with E-state index in [4.69, 9.17) is 14.5 Å². The normalized spacial score (nSPS) is 15.5. The molecule has 5 rings (SSSR count). The van der Waals surface area contributed by atoms with Crippen LogP contribution in [0, 0.1) is 25.1 Å². The molecule has 1 saturated heterocycles. The second-order valence-corrected chi connectivity index (χ2v) is 13.9. The first-order chi connectivity index (χ1) is 21.7. The summed E-state index contributed by atoms with van der Waals surface area (Å²) in [5.74, 6) is 0.0700. The molecule has 2 aromatic heterocycles. The Morgan fingerprint density at radius 2 is 1.70 bits per heavy atom. The third kappa shape index (κ3) is 7.58. The SMILES string of the molecule is Cc1nc(-n2cncc2C)c(-c2ccc(OCCc3ccc(F)cc3)cc2)c(N2CCC(C)(C)CC2)c1[C@H](OC(C)(C)C)C(=O)O. The van der Waals surface area contributed by atoms with Gasteiger partial charge in [0.05, 0.1) is 17.9 Å². The van der Waals surface area contributed by atoms with Crippen LogP contribution >= 0.6 is 0 Å². The quantitative estimate of drug-likeness (QED) is 0.191. The summed E-state index contributed by atoms with van der Waals surface area (Å²) in [7, 11) is 0. The maximum atomic E-state index is 13.3. The van der Waals surface area contributed by atoms with Crippen molar-refractivity contribution in [1.82, 2.24) is 14.5 Å². The van der Waals surface area contributed by atoms with Gasteiger partial charge in [-0.2, -0.15) is 0 Å². The monoisotopic (exact) mass is 628 g/mol. The molecule has 0 aliphatic carbocycles. The Bertz CT molecular complexity index is 1660. The maximum absolute atomic E-state index is 13.3. The zero-order chi connectivity index (χ0) is 33.2. The standard InChI is InChI=1S/C37H45FN4O4/c1-24-22-39-23-42(24)34-31(27-10-14-29(15-11-27)45-21-16-26-8-12-28(38)13-9-26)32(41-19-17-37(6,7)18-20-41)30(25(2)40-34)33(35(43)44)46-36(3,4)5/h8-15,22-23,33H,16-21H2,1-7H3,(H,43,44)/t33-/m0/s1. The van der Waals surface area contributed by atoms with Gasteiger partial charge in [-0.15, -0.1) is 0 Å². The highest BCUT2D eigenvalue weighted by Gasteiger charge is 2.37. The number of imidazole rings is 1. The summed E-state index contributed by atoms with van der Waals surface area (Å²) in [6, 6.07) is 14.3. The third-order valence-corrected chi connectivity index (χ3v) is 8.54. The molecule has 9 heteroatoms. The van der Waals surface area contributed by atoms with Gasteiger partial charge < -0.3 is 19.5 Å². The molecule has 244 valence electrons. The lowest BCUT2D eigenvalue weighted by atomic mass is 9.82. The van der Waals surface area contributed by atoms with E-state index in [0.29, 0.717) is 35.9 Å². The minimum absolute atomic E-state index is 0.184. The second-order valence-electron chi connectivity index (χ2n) is 13.9. The number of aromatic nitrogens is 3. The summed E-state index contributed by atoms with van der Waals surface area (Å²) >= 11 is 0. The summed E-state index contributed by atoms with van der Waals surface area (Å²) in [4.78, 5) is 24.7. The van der Waals surface area contributed by atoms with Crippen molar-refractivity contribution in [2.75, 3.05) is 24.6 Å². The predicted octanol–water partition coefficient (Wildman–Crippen LogP) is 7.88. The van der Waals surface area contributed by atoms with Gasteiger partial charge in [0.2, 0.25) is 0 Å². The van der Waals surface area contributed by atoms with E-state index >= 15 is 0 Å². The molecule has 0 bridgehead atoms. The van der Waals surface area contributed by atoms with Crippen LogP contribution in [0.2, 0.25) is 0 Å². The van der Waals surface area contributed by atoms with Crippen LogP contribution in [0.5, 0.6) is 5.75 Å². The lowest BCUT2D eigenvalue weighted by Gasteiger charge is -2.41. The zero-order valence-corrected chi connectivity index (χ0v) is 27.9. The first-order valence-corrected chi connectivity index (χ1v) is 15.9. The lowest BCUT2D eigenvalue weighted by molar-refractivity contribution is -0.160. The molecular formula is C37H45FN4O4. The molecule has 0 unspecified atom stereocenters. The molecule has 1 aliphatic rings. The van der Waals surface area contributed by atoms with Gasteiger partial charge in [-0.3, -0.25) is 4.57 Å². The number of hydrogen-bond acceptors (Lipinski definition) is 6. The minimum atomic E-state index is -1.22. The number of pyridine rings is 1. The van der Waals surface area contributed by atoms with Gasteiger partial charge in [-0.1, -0.05) is 38.1 Å². The minimum Gasteiger partial charge on any atom is -0.493 e. The average Bonchev–Trinajstić information content (AvgIpc) is 3.42. The number of piperidine rings is 1. The summed E-state index contributed by atoms with van der Waals surface area (Å²) in [5, 5.41) is 10.6. The molecule has 2 aromatic carbocycles. The molecule has 3 heterocycles. The molecule has 1 fully saturated rings. The van der Waals surface area contributed by atoms with Crippen LogP contribution in [0.3, 0.4) is 0 Å². The summed E-state index contributed by atoms with van der Waals surface area (Å²) in [5.41, 5.74) is 5.08. The van der Waals surface area contributed by atoms with Gasteiger partial charge in [-0.05, 0) is 88.3 Å². The number of carbonyl (C=O) groups is 1. The molecule has 0 amide bonds. The van der Waals surface area contributed by atoms with E-state index in [1.807, 2.05) is 63.5 Å². The Hall–Kier alpha value is -4.24. The Morgan fingerprint density at radius 3 is 2.26 bits per heavy atom. The van der Waals surface area contributed by atoms with Crippen LogP contribution < -0.4 is 9.64 Å². The van der Waals surface area contributed by atoms with Crippen molar-refractivity contribution in [1.29, 1.82) is 0 Å². The fourth-order valence-electron chi connectivity index (χ4n) is 5.93. The predicted molar refractivity (Wildman–Crippen MR) is 178 cm³/mol. The van der Waals surface area contributed by atoms with Crippen molar-refractivity contribution in [3.8, 4) is 22.7 Å². The molecule has 1 atom stereocenters. The third-order valence-electron chi connectivity index (χ3n) is 8.54. The largest absolute Gasteiger partial charge is 0.493 e. The number of halogens is 1. The second kappa shape index (κ2) is 13.2. The van der Waals surface area contributed by atoms with E-state index in [1.165, 1.54) is 12.1 Å². The van der Waals surface area contributed by atoms with Gasteiger partial charge in [0.15, 0.2) is 6.10 Å². The van der Waals surface area contributed by atoms with Crippen molar-refractivity contribution in [2.45, 2.75) is 79.4 Å². The van der Waals surface area contributed by atoms with E-state index in [9.17, 15) is 14.3 Å². The van der Waals surface area contributed by atoms with Crippen molar-refractivity contribution in [3.05, 3.63) is 89.4 Å². The molecule has 8 nitrogen and oxygen atoms in total. The van der Waals surface area contributed by atoms with Gasteiger partial charge >= 0.3 is 5.97 Å². The number of aryl methyl sites for hydroxylation is 2. The fraction of sp³-hybridized carbons (Fsp3) is 0.432. The first-order valence-electron chi connectivity index (χ1n) is 15.9. The van der Waals surface area contributed by atoms with Gasteiger partial charge in [0, 0.05) is 48.2 Å². The molecule has 4 aromatic rings. The lowest BCUT2D eigenvalue weighted by Crippen LogP contribution is -2.39. The van der Waals surface area contributed by atoms with E-state index in [-0.39, 0.29) is 11.2 Å². The van der Waals surface area contributed by atoms with E-state index in [0.717, 1.165) is 54.0 Å². The molecule has 0 spiro atoms. The molecular weight excluding hydrogens is 583 g/mol. The number of hydrogen-bond donors (Lipinski definition) is 1. The topological polar surface area (TPSA) is 89.7 Å². The van der Waals surface area contributed by atoms with Crippen molar-refractivity contribution in [2.24, 2.45) is 5.41 Å². The molecule has 1 N–H and O–H groups in total. The molecule has 46 heavy (non-hydrogen) atoms. The fourth-order valence-corrected chi connectivity index (χ4v) is 5.93. The highest BCUT2D eigenvalue weighted by Crippen LogP contribution is 2.46. The smallest absolute Gasteiger partial charge is 0.337 e. The van der Waals surface area contributed by atoms with Crippen LogP contribution in [0.25, 0.3) is 16.9 Å². The number of rotatable bonds is 10. The highest BCUT2D eigenvalue weighted by molar-refractivity contribution is 5.90. The van der Waals surface area contributed by atoms with Crippen LogP contribution in [0.1, 0.15) is 76.1 Å². The summed E-state index contributed by atoms with van der Waals surface area (Å²) in [6.07, 6.45) is 4.89. The zero-order valence-electron chi connectivity index (χ0n) is 27.9. The van der Waals surface area contributed by atoms with E-state index in [1.54, 1.807) is 24.7 Å². The number of nitrogens with zero attached hydrogens (tertiary/aromatic N) is 4. The van der Waals surface area contributed by atoms with Crippen LogP contribution in [-0.2, 0) is 16.0 Å². The maximum Gasteiger partial charge on any atom is 0.337 e. The van der Waals surface area contributed by atoms with Crippen LogP contribution in [-0.4, -0.2) is 50.9 Å². The van der Waals surface area contributed by atoms with E-state index in [2.05, 4.69) is 23.7 Å². The van der Waals surface area contributed by atoms with Crippen molar-refractivity contribution >= 4 is 11.7 Å². The molecule has 1 aliphatic heterocycles. The first kappa shape index (κ1) is 33.1. The van der Waals surface area contributed by atoms with E-state index < -0.39 is 17.7 Å². The number of aliphatic carboxylic acids is 1. The Balaban J connectivity index is 1.64. The Kier molecular flexibility index (Phi) is 9.54. The van der Waals surface area contributed by atoms with Crippen LogP contribution in [0.4, 0.5) is 10.1 Å². The Morgan fingerprint density at radius 1 is 1.04 bits per heavy atom. The number of anilines is 1. The van der Waals surface area contributed by atoms with Crippen molar-refractivity contribution in [3.63, 3.8) is 0 Å². The molecule has 0 saturated carbocycles. The van der Waals surface area contributed by atoms with Gasteiger partial charge in [-0.25, -0.2) is 19.2 Å². The van der Waals surface area contributed by atoms with Crippen LogP contribution in [0.15, 0.2) is 61.1 Å². The number of carboxylic acids is 1.